The van der Waals surface area contributed by atoms with E-state index < -0.39 is 0 Å². The minimum atomic E-state index is -0.188. The van der Waals surface area contributed by atoms with Crippen molar-refractivity contribution in [1.82, 2.24) is 0 Å². The zero-order valence-electron chi connectivity index (χ0n) is 11.2. The Bertz CT molecular complexity index is 656. The molecular formula is C15H15BrN2O2. The van der Waals surface area contributed by atoms with Crippen molar-refractivity contribution in [2.24, 2.45) is 0 Å². The van der Waals surface area contributed by atoms with Gasteiger partial charge in [-0.25, -0.2) is 0 Å². The second kappa shape index (κ2) is 5.96. The first-order valence-corrected chi connectivity index (χ1v) is 6.81. The van der Waals surface area contributed by atoms with Gasteiger partial charge >= 0.3 is 0 Å². The van der Waals surface area contributed by atoms with E-state index in [-0.39, 0.29) is 5.91 Å². The Hall–Kier alpha value is -2.01. The van der Waals surface area contributed by atoms with Crippen molar-refractivity contribution in [2.75, 3.05) is 18.2 Å². The smallest absolute Gasteiger partial charge is 0.255 e. The fourth-order valence-corrected chi connectivity index (χ4v) is 2.33. The summed E-state index contributed by atoms with van der Waals surface area (Å²) in [6, 6.07) is 10.6. The molecule has 0 heterocycles. The Balaban J connectivity index is 2.23. The number of nitrogens with two attached hydrogens (primary N) is 1. The Kier molecular flexibility index (Phi) is 4.29. The van der Waals surface area contributed by atoms with E-state index in [2.05, 4.69) is 21.2 Å². The van der Waals surface area contributed by atoms with Gasteiger partial charge in [0.15, 0.2) is 0 Å². The second-order valence-corrected chi connectivity index (χ2v) is 5.28. The number of halogens is 1. The molecule has 0 aliphatic heterocycles. The number of methoxy groups -OCH3 is 1. The first-order valence-electron chi connectivity index (χ1n) is 6.02. The van der Waals surface area contributed by atoms with Crippen LogP contribution >= 0.6 is 15.9 Å². The SMILES string of the molecule is COc1ccc(NC(=O)c2ccc(Br)cc2C)c(N)c1. The number of nitrogens with one attached hydrogen (secondary N) is 1. The van der Waals surface area contributed by atoms with E-state index in [0.29, 0.717) is 22.7 Å². The van der Waals surface area contributed by atoms with Crippen LogP contribution in [0.3, 0.4) is 0 Å². The third-order valence-corrected chi connectivity index (χ3v) is 3.43. The molecule has 4 nitrogen and oxygen atoms in total. The largest absolute Gasteiger partial charge is 0.497 e. The Morgan fingerprint density at radius 2 is 2.00 bits per heavy atom. The van der Waals surface area contributed by atoms with E-state index in [4.69, 9.17) is 10.5 Å². The van der Waals surface area contributed by atoms with Crippen LogP contribution in [0.2, 0.25) is 0 Å². The van der Waals surface area contributed by atoms with Crippen molar-refractivity contribution < 1.29 is 9.53 Å². The van der Waals surface area contributed by atoms with Crippen molar-refractivity contribution in [3.8, 4) is 5.75 Å². The van der Waals surface area contributed by atoms with Gasteiger partial charge in [0.05, 0.1) is 18.5 Å². The minimum Gasteiger partial charge on any atom is -0.497 e. The van der Waals surface area contributed by atoms with Crippen LogP contribution in [-0.4, -0.2) is 13.0 Å². The molecule has 0 aliphatic rings. The van der Waals surface area contributed by atoms with Gasteiger partial charge in [-0.15, -0.1) is 0 Å². The molecule has 3 N–H and O–H groups in total. The highest BCUT2D eigenvalue weighted by Gasteiger charge is 2.11. The molecule has 0 radical (unpaired) electrons. The zero-order chi connectivity index (χ0) is 14.7. The molecule has 104 valence electrons. The third kappa shape index (κ3) is 3.11. The van der Waals surface area contributed by atoms with Gasteiger partial charge in [0, 0.05) is 16.1 Å². The predicted octanol–water partition coefficient (Wildman–Crippen LogP) is 3.60. The molecule has 0 unspecified atom stereocenters. The second-order valence-electron chi connectivity index (χ2n) is 4.37. The lowest BCUT2D eigenvalue weighted by Crippen LogP contribution is -2.14. The van der Waals surface area contributed by atoms with Gasteiger partial charge in [-0.3, -0.25) is 4.79 Å². The van der Waals surface area contributed by atoms with Crippen LogP contribution in [0.4, 0.5) is 11.4 Å². The number of hydrogen-bond acceptors (Lipinski definition) is 3. The van der Waals surface area contributed by atoms with Crippen LogP contribution < -0.4 is 15.8 Å². The van der Waals surface area contributed by atoms with Gasteiger partial charge in [-0.05, 0) is 42.8 Å². The fraction of sp³-hybridized carbons (Fsp3) is 0.133. The first-order chi connectivity index (χ1) is 9.51. The van der Waals surface area contributed by atoms with Crippen LogP contribution in [0.1, 0.15) is 15.9 Å². The Labute approximate surface area is 126 Å². The quantitative estimate of drug-likeness (QED) is 0.843. The number of nitrogen functional groups attached to an aromatic ring is 1. The molecule has 0 aliphatic carbocycles. The summed E-state index contributed by atoms with van der Waals surface area (Å²) in [6.07, 6.45) is 0. The lowest BCUT2D eigenvalue weighted by molar-refractivity contribution is 0.102. The molecule has 0 bridgehead atoms. The molecule has 1 amide bonds. The van der Waals surface area contributed by atoms with Gasteiger partial charge in [0.25, 0.3) is 5.91 Å². The number of ether oxygens (including phenoxy) is 1. The number of benzene rings is 2. The summed E-state index contributed by atoms with van der Waals surface area (Å²) >= 11 is 3.37. The number of amides is 1. The Morgan fingerprint density at radius 3 is 2.60 bits per heavy atom. The highest BCUT2D eigenvalue weighted by molar-refractivity contribution is 9.10. The summed E-state index contributed by atoms with van der Waals surface area (Å²) in [6.45, 7) is 1.89. The molecule has 0 saturated heterocycles. The third-order valence-electron chi connectivity index (χ3n) is 2.94. The van der Waals surface area contributed by atoms with Gasteiger partial charge in [0.1, 0.15) is 5.75 Å². The summed E-state index contributed by atoms with van der Waals surface area (Å²) in [5.74, 6) is 0.465. The van der Waals surface area contributed by atoms with E-state index in [0.717, 1.165) is 10.0 Å². The van der Waals surface area contributed by atoms with Gasteiger partial charge in [-0.2, -0.15) is 0 Å². The fourth-order valence-electron chi connectivity index (χ4n) is 1.85. The minimum absolute atomic E-state index is 0.188. The molecule has 0 fully saturated rings. The molecule has 20 heavy (non-hydrogen) atoms. The van der Waals surface area contributed by atoms with Crippen molar-refractivity contribution in [3.63, 3.8) is 0 Å². The molecule has 0 saturated carbocycles. The topological polar surface area (TPSA) is 64.3 Å². The maximum Gasteiger partial charge on any atom is 0.255 e. The van der Waals surface area contributed by atoms with Crippen LogP contribution in [0.25, 0.3) is 0 Å². The molecule has 0 spiro atoms. The highest BCUT2D eigenvalue weighted by Crippen LogP contribution is 2.25. The standard InChI is InChI=1S/C15H15BrN2O2/c1-9-7-10(16)3-5-12(9)15(19)18-14-6-4-11(20-2)8-13(14)17/h3-8H,17H2,1-2H3,(H,18,19). The van der Waals surface area contributed by atoms with E-state index in [1.54, 1.807) is 31.4 Å². The summed E-state index contributed by atoms with van der Waals surface area (Å²) < 4.78 is 6.01. The van der Waals surface area contributed by atoms with Crippen LogP contribution in [-0.2, 0) is 0 Å². The zero-order valence-corrected chi connectivity index (χ0v) is 12.8. The number of anilines is 2. The lowest BCUT2D eigenvalue weighted by Gasteiger charge is -2.11. The number of hydrogen-bond donors (Lipinski definition) is 2. The van der Waals surface area contributed by atoms with Crippen molar-refractivity contribution >= 4 is 33.2 Å². The molecule has 2 rings (SSSR count). The maximum absolute atomic E-state index is 12.2. The number of rotatable bonds is 3. The van der Waals surface area contributed by atoms with Crippen LogP contribution in [0.5, 0.6) is 5.75 Å². The molecule has 0 aromatic heterocycles. The van der Waals surface area contributed by atoms with Crippen molar-refractivity contribution in [2.45, 2.75) is 6.92 Å². The van der Waals surface area contributed by atoms with Crippen LogP contribution in [0.15, 0.2) is 40.9 Å². The van der Waals surface area contributed by atoms with E-state index in [1.165, 1.54) is 0 Å². The normalized spacial score (nSPS) is 10.2. The van der Waals surface area contributed by atoms with Crippen molar-refractivity contribution in [1.29, 1.82) is 0 Å². The van der Waals surface area contributed by atoms with Crippen molar-refractivity contribution in [3.05, 3.63) is 52.0 Å². The summed E-state index contributed by atoms with van der Waals surface area (Å²) in [5, 5.41) is 2.80. The van der Waals surface area contributed by atoms with E-state index in [9.17, 15) is 4.79 Å². The molecule has 2 aromatic carbocycles. The summed E-state index contributed by atoms with van der Waals surface area (Å²) in [7, 11) is 1.57. The molecule has 2 aromatic rings. The first kappa shape index (κ1) is 14.4. The average Bonchev–Trinajstić information content (AvgIpc) is 2.40. The average molecular weight is 335 g/mol. The summed E-state index contributed by atoms with van der Waals surface area (Å²) in [4.78, 5) is 12.2. The Morgan fingerprint density at radius 1 is 1.25 bits per heavy atom. The monoisotopic (exact) mass is 334 g/mol. The lowest BCUT2D eigenvalue weighted by atomic mass is 10.1. The van der Waals surface area contributed by atoms with Gasteiger partial charge < -0.3 is 15.8 Å². The van der Waals surface area contributed by atoms with Crippen LogP contribution in [0, 0.1) is 6.92 Å². The number of carbonyl (C=O) groups is 1. The van der Waals surface area contributed by atoms with E-state index in [1.807, 2.05) is 19.1 Å². The highest BCUT2D eigenvalue weighted by atomic mass is 79.9. The molecule has 0 atom stereocenters. The van der Waals surface area contributed by atoms with Gasteiger partial charge in [-0.1, -0.05) is 15.9 Å². The predicted molar refractivity (Wildman–Crippen MR) is 84.2 cm³/mol. The number of aryl methyl sites for hydroxylation is 1. The molecule has 5 heteroatoms. The maximum atomic E-state index is 12.2. The van der Waals surface area contributed by atoms with E-state index >= 15 is 0 Å². The number of carbonyl (C=O) groups excluding carboxylic acids is 1. The summed E-state index contributed by atoms with van der Waals surface area (Å²) in [5.41, 5.74) is 8.42. The molecular weight excluding hydrogens is 320 g/mol. The van der Waals surface area contributed by atoms with Gasteiger partial charge in [0.2, 0.25) is 0 Å².